The van der Waals surface area contributed by atoms with E-state index in [0.29, 0.717) is 5.69 Å². The molecule has 0 saturated heterocycles. The van der Waals surface area contributed by atoms with Crippen LogP contribution in [0.3, 0.4) is 0 Å². The van der Waals surface area contributed by atoms with Gasteiger partial charge in [0.2, 0.25) is 5.95 Å². The second-order valence-electron chi connectivity index (χ2n) is 3.87. The minimum absolute atomic E-state index is 0.222. The minimum Gasteiger partial charge on any atom is -0.296 e. The van der Waals surface area contributed by atoms with Gasteiger partial charge in [0, 0.05) is 18.0 Å². The average molecular weight is 259 g/mol. The summed E-state index contributed by atoms with van der Waals surface area (Å²) in [4.78, 5) is 31.7. The first-order valence-corrected chi connectivity index (χ1v) is 5.39. The van der Waals surface area contributed by atoms with Crippen LogP contribution in [0.5, 0.6) is 0 Å². The maximum Gasteiger partial charge on any atom is 0.272 e. The second kappa shape index (κ2) is 4.05. The van der Waals surface area contributed by atoms with Gasteiger partial charge in [0.05, 0.1) is 0 Å². The maximum absolute atomic E-state index is 12.0. The van der Waals surface area contributed by atoms with Crippen LogP contribution < -0.4 is 10.9 Å². The summed E-state index contributed by atoms with van der Waals surface area (Å²) in [5, 5.41) is 11.3. The zero-order valence-corrected chi connectivity index (χ0v) is 9.84. The van der Waals surface area contributed by atoms with E-state index in [-0.39, 0.29) is 22.7 Å². The van der Waals surface area contributed by atoms with Gasteiger partial charge in [0.15, 0.2) is 5.65 Å². The van der Waals surface area contributed by atoms with Crippen LogP contribution in [0.1, 0.15) is 16.1 Å². The Kier molecular flexibility index (Phi) is 2.37. The van der Waals surface area contributed by atoms with E-state index in [9.17, 15) is 9.59 Å². The SMILES string of the molecule is Cc1cc(=O)n2[nH]cc(C(=O)Nc3ncn[nH]3)c2n1. The number of aromatic amines is 2. The summed E-state index contributed by atoms with van der Waals surface area (Å²) >= 11 is 0. The minimum atomic E-state index is -0.437. The van der Waals surface area contributed by atoms with E-state index in [0.717, 1.165) is 0 Å². The number of hydrogen-bond acceptors (Lipinski definition) is 5. The van der Waals surface area contributed by atoms with Crippen molar-refractivity contribution in [3.8, 4) is 0 Å². The Morgan fingerprint density at radius 2 is 2.32 bits per heavy atom. The highest BCUT2D eigenvalue weighted by molar-refractivity contribution is 6.07. The van der Waals surface area contributed by atoms with E-state index in [1.165, 1.54) is 23.1 Å². The number of anilines is 1. The number of H-pyrrole nitrogens is 2. The summed E-state index contributed by atoms with van der Waals surface area (Å²) in [6.45, 7) is 1.69. The molecule has 96 valence electrons. The zero-order chi connectivity index (χ0) is 13.4. The van der Waals surface area contributed by atoms with Crippen molar-refractivity contribution in [1.29, 1.82) is 0 Å². The zero-order valence-electron chi connectivity index (χ0n) is 9.84. The van der Waals surface area contributed by atoms with Gasteiger partial charge in [-0.15, -0.1) is 0 Å². The summed E-state index contributed by atoms with van der Waals surface area (Å²) in [5.41, 5.74) is 0.777. The molecule has 0 saturated carbocycles. The van der Waals surface area contributed by atoms with Gasteiger partial charge in [-0.05, 0) is 6.92 Å². The van der Waals surface area contributed by atoms with Crippen LogP contribution in [0.15, 0.2) is 23.4 Å². The van der Waals surface area contributed by atoms with Crippen LogP contribution in [0.2, 0.25) is 0 Å². The molecule has 3 N–H and O–H groups in total. The Morgan fingerprint density at radius 3 is 3.05 bits per heavy atom. The lowest BCUT2D eigenvalue weighted by molar-refractivity contribution is 0.102. The molecule has 0 atom stereocenters. The third-order valence-electron chi connectivity index (χ3n) is 2.52. The van der Waals surface area contributed by atoms with Crippen molar-refractivity contribution < 1.29 is 4.79 Å². The molecule has 9 nitrogen and oxygen atoms in total. The van der Waals surface area contributed by atoms with Gasteiger partial charge in [-0.25, -0.2) is 14.6 Å². The van der Waals surface area contributed by atoms with E-state index in [2.05, 4.69) is 30.6 Å². The molecule has 0 radical (unpaired) electrons. The average Bonchev–Trinajstić information content (AvgIpc) is 2.97. The fraction of sp³-hybridized carbons (Fsp3) is 0.100. The summed E-state index contributed by atoms with van der Waals surface area (Å²) in [6.07, 6.45) is 2.69. The van der Waals surface area contributed by atoms with Crippen molar-refractivity contribution in [3.63, 3.8) is 0 Å². The van der Waals surface area contributed by atoms with E-state index in [1.54, 1.807) is 6.92 Å². The molecule has 0 aliphatic heterocycles. The smallest absolute Gasteiger partial charge is 0.272 e. The highest BCUT2D eigenvalue weighted by Crippen LogP contribution is 2.08. The van der Waals surface area contributed by atoms with Crippen molar-refractivity contribution in [3.05, 3.63) is 40.2 Å². The third-order valence-corrected chi connectivity index (χ3v) is 2.52. The number of aryl methyl sites for hydroxylation is 1. The van der Waals surface area contributed by atoms with Gasteiger partial charge in [-0.3, -0.25) is 20.0 Å². The largest absolute Gasteiger partial charge is 0.296 e. The van der Waals surface area contributed by atoms with Crippen LogP contribution in [0, 0.1) is 6.92 Å². The summed E-state index contributed by atoms with van der Waals surface area (Å²) < 4.78 is 1.20. The van der Waals surface area contributed by atoms with Gasteiger partial charge in [-0.1, -0.05) is 0 Å². The molecule has 3 aromatic heterocycles. The number of hydrogen-bond donors (Lipinski definition) is 3. The standard InChI is InChI=1S/C10H9N7O2/c1-5-2-7(18)17-8(14-5)6(3-13-17)9(19)15-10-11-4-12-16-10/h2-4,13H,1H3,(H2,11,12,15,16,19). The van der Waals surface area contributed by atoms with Crippen molar-refractivity contribution in [1.82, 2.24) is 29.8 Å². The Bertz CT molecular complexity index is 799. The normalized spacial score (nSPS) is 10.8. The van der Waals surface area contributed by atoms with Gasteiger partial charge < -0.3 is 0 Å². The van der Waals surface area contributed by atoms with Gasteiger partial charge in [0.25, 0.3) is 11.5 Å². The molecule has 3 heterocycles. The lowest BCUT2D eigenvalue weighted by Crippen LogP contribution is -2.17. The number of aromatic nitrogens is 6. The van der Waals surface area contributed by atoms with Crippen LogP contribution in [0.25, 0.3) is 5.65 Å². The Hall–Kier alpha value is -2.97. The molecular weight excluding hydrogens is 250 g/mol. The molecule has 3 rings (SSSR count). The number of carbonyl (C=O) groups excluding carboxylic acids is 1. The predicted molar refractivity (Wildman–Crippen MR) is 64.9 cm³/mol. The Labute approximate surface area is 105 Å². The van der Waals surface area contributed by atoms with E-state index in [1.807, 2.05) is 0 Å². The maximum atomic E-state index is 12.0. The fourth-order valence-corrected chi connectivity index (χ4v) is 1.70. The quantitative estimate of drug-likeness (QED) is 0.583. The van der Waals surface area contributed by atoms with Crippen LogP contribution in [-0.2, 0) is 0 Å². The van der Waals surface area contributed by atoms with E-state index in [4.69, 9.17) is 0 Å². The molecule has 0 fully saturated rings. The van der Waals surface area contributed by atoms with Crippen LogP contribution >= 0.6 is 0 Å². The molecule has 9 heteroatoms. The Morgan fingerprint density at radius 1 is 1.47 bits per heavy atom. The summed E-state index contributed by atoms with van der Waals surface area (Å²) in [5.74, 6) is -0.215. The number of fused-ring (bicyclic) bond motifs is 1. The third kappa shape index (κ3) is 1.86. The highest BCUT2D eigenvalue weighted by Gasteiger charge is 2.15. The van der Waals surface area contributed by atoms with Crippen molar-refractivity contribution in [2.45, 2.75) is 6.92 Å². The first kappa shape index (κ1) is 11.1. The van der Waals surface area contributed by atoms with Gasteiger partial charge in [0.1, 0.15) is 11.9 Å². The fourth-order valence-electron chi connectivity index (χ4n) is 1.70. The molecular formula is C10H9N7O2. The lowest BCUT2D eigenvalue weighted by atomic mass is 10.3. The monoisotopic (exact) mass is 259 g/mol. The number of amides is 1. The van der Waals surface area contributed by atoms with Gasteiger partial charge in [-0.2, -0.15) is 10.1 Å². The molecule has 0 bridgehead atoms. The number of carbonyl (C=O) groups is 1. The first-order valence-electron chi connectivity index (χ1n) is 5.39. The molecule has 0 aliphatic carbocycles. The molecule has 0 spiro atoms. The summed E-state index contributed by atoms with van der Waals surface area (Å²) in [6, 6.07) is 1.38. The predicted octanol–water partition coefficient (Wildman–Crippen LogP) is -0.299. The van der Waals surface area contributed by atoms with E-state index >= 15 is 0 Å². The molecule has 0 aliphatic rings. The van der Waals surface area contributed by atoms with Crippen molar-refractivity contribution in [2.24, 2.45) is 0 Å². The van der Waals surface area contributed by atoms with Crippen LogP contribution in [0.4, 0.5) is 5.95 Å². The number of nitrogens with one attached hydrogen (secondary N) is 3. The molecule has 0 aromatic carbocycles. The van der Waals surface area contributed by atoms with Crippen LogP contribution in [-0.4, -0.2) is 35.7 Å². The van der Waals surface area contributed by atoms with Gasteiger partial charge >= 0.3 is 0 Å². The molecule has 0 unspecified atom stereocenters. The van der Waals surface area contributed by atoms with Crippen molar-refractivity contribution >= 4 is 17.5 Å². The molecule has 3 aromatic rings. The molecule has 19 heavy (non-hydrogen) atoms. The summed E-state index contributed by atoms with van der Waals surface area (Å²) in [7, 11) is 0. The van der Waals surface area contributed by atoms with Crippen molar-refractivity contribution in [2.75, 3.05) is 5.32 Å². The lowest BCUT2D eigenvalue weighted by Gasteiger charge is -1.99. The highest BCUT2D eigenvalue weighted by atomic mass is 16.2. The number of nitrogens with zero attached hydrogens (tertiary/aromatic N) is 4. The topological polar surface area (TPSA) is 121 Å². The first-order chi connectivity index (χ1) is 9.15. The Balaban J connectivity index is 2.06. The second-order valence-corrected chi connectivity index (χ2v) is 3.87. The molecule has 1 amide bonds. The number of rotatable bonds is 2. The van der Waals surface area contributed by atoms with E-state index < -0.39 is 5.91 Å².